The van der Waals surface area contributed by atoms with E-state index in [9.17, 15) is 14.5 Å². The molecule has 2 aromatic rings. The van der Waals surface area contributed by atoms with Gasteiger partial charge in [0.1, 0.15) is 12.3 Å². The SMILES string of the molecule is O=[N+]([O-])c1cnc(N2CCC(Oc3ncccc3F)CC2)s1. The molecule has 1 aliphatic heterocycles. The molecule has 0 saturated carbocycles. The number of rotatable bonds is 4. The summed E-state index contributed by atoms with van der Waals surface area (Å²) >= 11 is 1.06. The molecule has 7 nitrogen and oxygen atoms in total. The fraction of sp³-hybridized carbons (Fsp3) is 0.385. The fourth-order valence-electron chi connectivity index (χ4n) is 2.27. The molecule has 116 valence electrons. The molecule has 1 saturated heterocycles. The van der Waals surface area contributed by atoms with Gasteiger partial charge in [0.05, 0.1) is 4.92 Å². The smallest absolute Gasteiger partial charge is 0.345 e. The molecule has 1 aliphatic rings. The molecule has 3 rings (SSSR count). The zero-order valence-electron chi connectivity index (χ0n) is 11.5. The highest BCUT2D eigenvalue weighted by Crippen LogP contribution is 2.30. The monoisotopic (exact) mass is 324 g/mol. The van der Waals surface area contributed by atoms with Crippen LogP contribution < -0.4 is 9.64 Å². The Bertz CT molecular complexity index is 673. The maximum atomic E-state index is 13.5. The molecule has 1 fully saturated rings. The van der Waals surface area contributed by atoms with E-state index in [2.05, 4.69) is 9.97 Å². The third-order valence-electron chi connectivity index (χ3n) is 3.38. The van der Waals surface area contributed by atoms with Crippen molar-refractivity contribution in [3.63, 3.8) is 0 Å². The first kappa shape index (κ1) is 14.6. The highest BCUT2D eigenvalue weighted by Gasteiger charge is 2.25. The van der Waals surface area contributed by atoms with Crippen molar-refractivity contribution in [3.8, 4) is 5.88 Å². The lowest BCUT2D eigenvalue weighted by molar-refractivity contribution is -0.380. The van der Waals surface area contributed by atoms with Crippen molar-refractivity contribution in [1.29, 1.82) is 0 Å². The normalized spacial score (nSPS) is 15.8. The summed E-state index contributed by atoms with van der Waals surface area (Å²) in [5.41, 5.74) is 0. The van der Waals surface area contributed by atoms with Crippen LogP contribution in [-0.2, 0) is 0 Å². The first-order valence-corrected chi connectivity index (χ1v) is 7.57. The van der Waals surface area contributed by atoms with Crippen LogP contribution in [0.15, 0.2) is 24.5 Å². The Morgan fingerprint density at radius 2 is 2.18 bits per heavy atom. The van der Waals surface area contributed by atoms with Crippen LogP contribution in [0.2, 0.25) is 0 Å². The number of hydrogen-bond donors (Lipinski definition) is 0. The van der Waals surface area contributed by atoms with Gasteiger partial charge in [-0.3, -0.25) is 10.1 Å². The molecular weight excluding hydrogens is 311 g/mol. The largest absolute Gasteiger partial charge is 0.472 e. The minimum atomic E-state index is -0.472. The molecule has 0 spiro atoms. The molecule has 0 N–H and O–H groups in total. The van der Waals surface area contributed by atoms with Crippen LogP contribution in [0.25, 0.3) is 0 Å². The van der Waals surface area contributed by atoms with Crippen LogP contribution >= 0.6 is 11.3 Å². The standard InChI is InChI=1S/C13H13FN4O3S/c14-10-2-1-5-15-12(10)21-9-3-6-17(7-4-9)13-16-8-11(22-13)18(19)20/h1-2,5,8-9H,3-4,6-7H2. The second-order valence-electron chi connectivity index (χ2n) is 4.83. The first-order chi connectivity index (χ1) is 10.6. The summed E-state index contributed by atoms with van der Waals surface area (Å²) in [4.78, 5) is 20.2. The van der Waals surface area contributed by atoms with E-state index in [1.807, 2.05) is 4.90 Å². The molecule has 0 unspecified atom stereocenters. The molecule has 0 bridgehead atoms. The molecule has 3 heterocycles. The van der Waals surface area contributed by atoms with Gasteiger partial charge in [-0.15, -0.1) is 0 Å². The number of hydrogen-bond acceptors (Lipinski definition) is 7. The van der Waals surface area contributed by atoms with Crippen LogP contribution in [0.4, 0.5) is 14.5 Å². The minimum Gasteiger partial charge on any atom is -0.472 e. The highest BCUT2D eigenvalue weighted by atomic mass is 32.1. The lowest BCUT2D eigenvalue weighted by Crippen LogP contribution is -2.38. The van der Waals surface area contributed by atoms with Gasteiger partial charge in [-0.25, -0.2) is 14.4 Å². The Balaban J connectivity index is 1.58. The van der Waals surface area contributed by atoms with E-state index in [1.54, 1.807) is 0 Å². The summed E-state index contributed by atoms with van der Waals surface area (Å²) in [6.45, 7) is 1.31. The summed E-state index contributed by atoms with van der Waals surface area (Å²) in [6.07, 6.45) is 4.01. The van der Waals surface area contributed by atoms with Gasteiger partial charge in [0.2, 0.25) is 0 Å². The molecule has 0 aliphatic carbocycles. The Hall–Kier alpha value is -2.29. The van der Waals surface area contributed by atoms with Gasteiger partial charge in [-0.05, 0) is 23.5 Å². The van der Waals surface area contributed by atoms with Crippen LogP contribution in [0, 0.1) is 15.9 Å². The molecule has 2 aromatic heterocycles. The second-order valence-corrected chi connectivity index (χ2v) is 5.82. The molecule has 22 heavy (non-hydrogen) atoms. The number of pyridine rings is 1. The quantitative estimate of drug-likeness (QED) is 0.635. The molecule has 0 radical (unpaired) electrons. The Morgan fingerprint density at radius 3 is 2.82 bits per heavy atom. The van der Waals surface area contributed by atoms with E-state index in [0.29, 0.717) is 31.1 Å². The van der Waals surface area contributed by atoms with Crippen molar-refractivity contribution in [3.05, 3.63) is 40.5 Å². The lowest BCUT2D eigenvalue weighted by Gasteiger charge is -2.31. The van der Waals surface area contributed by atoms with E-state index >= 15 is 0 Å². The fourth-order valence-corrected chi connectivity index (χ4v) is 3.05. The van der Waals surface area contributed by atoms with Crippen LogP contribution in [-0.4, -0.2) is 34.1 Å². The predicted octanol–water partition coefficient (Wildman–Crippen LogP) is 2.63. The van der Waals surface area contributed by atoms with E-state index in [-0.39, 0.29) is 17.0 Å². The van der Waals surface area contributed by atoms with Gasteiger partial charge in [0, 0.05) is 32.1 Å². The zero-order chi connectivity index (χ0) is 15.5. The van der Waals surface area contributed by atoms with E-state index < -0.39 is 10.7 Å². The summed E-state index contributed by atoms with van der Waals surface area (Å²) in [6, 6.07) is 2.83. The van der Waals surface area contributed by atoms with E-state index in [4.69, 9.17) is 4.74 Å². The summed E-state index contributed by atoms with van der Waals surface area (Å²) < 4.78 is 19.1. The number of ether oxygens (including phenoxy) is 1. The molecule has 0 amide bonds. The highest BCUT2D eigenvalue weighted by molar-refractivity contribution is 7.18. The van der Waals surface area contributed by atoms with Gasteiger partial charge in [-0.2, -0.15) is 0 Å². The number of halogens is 1. The van der Waals surface area contributed by atoms with Gasteiger partial charge >= 0.3 is 5.00 Å². The van der Waals surface area contributed by atoms with Crippen molar-refractivity contribution >= 4 is 21.5 Å². The van der Waals surface area contributed by atoms with Crippen LogP contribution in [0.5, 0.6) is 5.88 Å². The zero-order valence-corrected chi connectivity index (χ0v) is 12.3. The van der Waals surface area contributed by atoms with Crippen LogP contribution in [0.1, 0.15) is 12.8 Å². The van der Waals surface area contributed by atoms with Crippen molar-refractivity contribution in [2.75, 3.05) is 18.0 Å². The second kappa shape index (κ2) is 6.22. The maximum Gasteiger partial charge on any atom is 0.345 e. The number of piperidine rings is 1. The predicted molar refractivity (Wildman–Crippen MR) is 78.8 cm³/mol. The minimum absolute atomic E-state index is 0.0193. The first-order valence-electron chi connectivity index (χ1n) is 6.76. The number of nitrogens with zero attached hydrogens (tertiary/aromatic N) is 4. The van der Waals surface area contributed by atoms with Gasteiger partial charge < -0.3 is 9.64 Å². The van der Waals surface area contributed by atoms with Gasteiger partial charge in [-0.1, -0.05) is 0 Å². The molecular formula is C13H13FN4O3S. The van der Waals surface area contributed by atoms with Gasteiger partial charge in [0.15, 0.2) is 10.9 Å². The maximum absolute atomic E-state index is 13.5. The number of thiazole rings is 1. The van der Waals surface area contributed by atoms with E-state index in [1.165, 1.54) is 24.5 Å². The summed E-state index contributed by atoms with van der Waals surface area (Å²) in [5, 5.41) is 11.3. The summed E-state index contributed by atoms with van der Waals surface area (Å²) in [7, 11) is 0. The topological polar surface area (TPSA) is 81.4 Å². The Labute approximate surface area is 129 Å². The van der Waals surface area contributed by atoms with Crippen molar-refractivity contribution in [2.24, 2.45) is 0 Å². The average Bonchev–Trinajstić information content (AvgIpc) is 3.00. The van der Waals surface area contributed by atoms with Crippen molar-refractivity contribution in [1.82, 2.24) is 9.97 Å². The third-order valence-corrected chi connectivity index (χ3v) is 4.39. The van der Waals surface area contributed by atoms with E-state index in [0.717, 1.165) is 11.3 Å². The third kappa shape index (κ3) is 3.14. The lowest BCUT2D eigenvalue weighted by atomic mass is 10.1. The molecule has 0 atom stereocenters. The number of aromatic nitrogens is 2. The van der Waals surface area contributed by atoms with Crippen LogP contribution in [0.3, 0.4) is 0 Å². The number of nitro groups is 1. The van der Waals surface area contributed by atoms with Crippen molar-refractivity contribution < 1.29 is 14.1 Å². The Morgan fingerprint density at radius 1 is 1.41 bits per heavy atom. The average molecular weight is 324 g/mol. The van der Waals surface area contributed by atoms with Gasteiger partial charge in [0.25, 0.3) is 5.88 Å². The number of anilines is 1. The molecule has 9 heteroatoms. The summed E-state index contributed by atoms with van der Waals surface area (Å²) in [5.74, 6) is -0.452. The molecule has 0 aromatic carbocycles. The Kier molecular flexibility index (Phi) is 4.14. The van der Waals surface area contributed by atoms with Crippen molar-refractivity contribution in [2.45, 2.75) is 18.9 Å².